The lowest BCUT2D eigenvalue weighted by atomic mass is 9.88. The fourth-order valence-electron chi connectivity index (χ4n) is 2.55. The highest BCUT2D eigenvalue weighted by atomic mass is 79.9. The van der Waals surface area contributed by atoms with Crippen LogP contribution in [-0.2, 0) is 0 Å². The molecule has 2 atom stereocenters. The zero-order valence-electron chi connectivity index (χ0n) is 10.3. The van der Waals surface area contributed by atoms with Gasteiger partial charge >= 0.3 is 0 Å². The second-order valence-electron chi connectivity index (χ2n) is 4.67. The van der Waals surface area contributed by atoms with Crippen LogP contribution in [0.3, 0.4) is 0 Å². The molecule has 0 fully saturated rings. The summed E-state index contributed by atoms with van der Waals surface area (Å²) >= 11 is 3.44. The van der Waals surface area contributed by atoms with Crippen molar-refractivity contribution in [3.8, 4) is 5.75 Å². The maximum atomic E-state index is 10.2. The molecular formula is C14H19BrO2. The number of ether oxygens (including phenoxy) is 1. The molecular weight excluding hydrogens is 280 g/mol. The van der Waals surface area contributed by atoms with E-state index in [1.165, 1.54) is 0 Å². The standard InChI is InChI=1S/C14H19BrO2/c1-3-9(4-2)13-8-12(16)11-6-5-10(15)7-14(11)17-13/h5-7,9,12-13,16H,3-4,8H2,1-2H3/t12-,13?/m0/s1. The molecule has 17 heavy (non-hydrogen) atoms. The molecule has 0 spiro atoms. The molecule has 0 radical (unpaired) electrons. The van der Waals surface area contributed by atoms with Crippen molar-refractivity contribution in [2.45, 2.75) is 45.3 Å². The van der Waals surface area contributed by atoms with Crippen LogP contribution < -0.4 is 4.74 Å². The van der Waals surface area contributed by atoms with Gasteiger partial charge in [0.2, 0.25) is 0 Å². The van der Waals surface area contributed by atoms with Crippen molar-refractivity contribution in [3.05, 3.63) is 28.2 Å². The van der Waals surface area contributed by atoms with Crippen LogP contribution in [0.25, 0.3) is 0 Å². The second-order valence-corrected chi connectivity index (χ2v) is 5.58. The van der Waals surface area contributed by atoms with Crippen LogP contribution in [0.4, 0.5) is 0 Å². The number of rotatable bonds is 3. The van der Waals surface area contributed by atoms with Crippen molar-refractivity contribution in [1.29, 1.82) is 0 Å². The van der Waals surface area contributed by atoms with Gasteiger partial charge in [-0.1, -0.05) is 35.8 Å². The summed E-state index contributed by atoms with van der Waals surface area (Å²) in [6.45, 7) is 4.36. The first-order chi connectivity index (χ1) is 8.15. The summed E-state index contributed by atoms with van der Waals surface area (Å²) in [7, 11) is 0. The Labute approximate surface area is 111 Å². The molecule has 1 aliphatic heterocycles. The predicted molar refractivity (Wildman–Crippen MR) is 72.2 cm³/mol. The molecule has 1 aromatic rings. The number of hydrogen-bond donors (Lipinski definition) is 1. The van der Waals surface area contributed by atoms with Gasteiger partial charge < -0.3 is 9.84 Å². The number of fused-ring (bicyclic) bond motifs is 1. The van der Waals surface area contributed by atoms with Crippen LogP contribution in [0.1, 0.15) is 44.8 Å². The highest BCUT2D eigenvalue weighted by Crippen LogP contribution is 2.39. The van der Waals surface area contributed by atoms with E-state index in [0.717, 1.165) is 28.6 Å². The molecule has 1 unspecified atom stereocenters. The van der Waals surface area contributed by atoms with Crippen molar-refractivity contribution >= 4 is 15.9 Å². The fourth-order valence-corrected chi connectivity index (χ4v) is 2.89. The summed E-state index contributed by atoms with van der Waals surface area (Å²) in [5.41, 5.74) is 0.912. The number of aliphatic hydroxyl groups is 1. The van der Waals surface area contributed by atoms with E-state index in [1.807, 2.05) is 18.2 Å². The minimum absolute atomic E-state index is 0.141. The lowest BCUT2D eigenvalue weighted by molar-refractivity contribution is 0.0317. The van der Waals surface area contributed by atoms with Crippen LogP contribution in [0.2, 0.25) is 0 Å². The molecule has 2 rings (SSSR count). The number of benzene rings is 1. The third-order valence-electron chi connectivity index (χ3n) is 3.64. The highest BCUT2D eigenvalue weighted by molar-refractivity contribution is 9.10. The monoisotopic (exact) mass is 298 g/mol. The van der Waals surface area contributed by atoms with E-state index < -0.39 is 6.10 Å². The van der Waals surface area contributed by atoms with Gasteiger partial charge in [-0.3, -0.25) is 0 Å². The molecule has 0 saturated heterocycles. The largest absolute Gasteiger partial charge is 0.490 e. The smallest absolute Gasteiger partial charge is 0.126 e. The van der Waals surface area contributed by atoms with Crippen molar-refractivity contribution in [2.24, 2.45) is 5.92 Å². The van der Waals surface area contributed by atoms with Gasteiger partial charge in [0.05, 0.1) is 6.10 Å². The molecule has 0 amide bonds. The van der Waals surface area contributed by atoms with E-state index in [4.69, 9.17) is 4.74 Å². The zero-order chi connectivity index (χ0) is 12.4. The average Bonchev–Trinajstić information content (AvgIpc) is 2.30. The first-order valence-electron chi connectivity index (χ1n) is 6.29. The van der Waals surface area contributed by atoms with Crippen molar-refractivity contribution in [2.75, 3.05) is 0 Å². The SMILES string of the molecule is CCC(CC)C1C[C@H](O)c2ccc(Br)cc2O1. The van der Waals surface area contributed by atoms with E-state index >= 15 is 0 Å². The number of hydrogen-bond acceptors (Lipinski definition) is 2. The predicted octanol–water partition coefficient (Wildman–Crippen LogP) is 4.07. The van der Waals surface area contributed by atoms with Gasteiger partial charge in [0.25, 0.3) is 0 Å². The molecule has 0 bridgehead atoms. The normalized spacial score (nSPS) is 23.4. The van der Waals surface area contributed by atoms with Gasteiger partial charge in [0.1, 0.15) is 11.9 Å². The van der Waals surface area contributed by atoms with Crippen LogP contribution in [0.5, 0.6) is 5.75 Å². The van der Waals surface area contributed by atoms with E-state index in [-0.39, 0.29) is 6.10 Å². The van der Waals surface area contributed by atoms with Crippen LogP contribution >= 0.6 is 15.9 Å². The van der Waals surface area contributed by atoms with E-state index in [1.54, 1.807) is 0 Å². The molecule has 0 aromatic heterocycles. The highest BCUT2D eigenvalue weighted by Gasteiger charge is 2.30. The van der Waals surface area contributed by atoms with Gasteiger partial charge in [-0.2, -0.15) is 0 Å². The fraction of sp³-hybridized carbons (Fsp3) is 0.571. The van der Waals surface area contributed by atoms with Crippen LogP contribution in [0, 0.1) is 5.92 Å². The Kier molecular flexibility index (Phi) is 4.10. The molecule has 1 aliphatic rings. The summed E-state index contributed by atoms with van der Waals surface area (Å²) in [5, 5.41) is 10.2. The zero-order valence-corrected chi connectivity index (χ0v) is 11.9. The van der Waals surface area contributed by atoms with Gasteiger partial charge in [0, 0.05) is 16.5 Å². The summed E-state index contributed by atoms with van der Waals surface area (Å²) in [6, 6.07) is 5.84. The van der Waals surface area contributed by atoms with E-state index in [0.29, 0.717) is 12.3 Å². The van der Waals surface area contributed by atoms with Crippen molar-refractivity contribution < 1.29 is 9.84 Å². The molecule has 2 nitrogen and oxygen atoms in total. The Hall–Kier alpha value is -0.540. The van der Waals surface area contributed by atoms with Crippen molar-refractivity contribution in [1.82, 2.24) is 0 Å². The first-order valence-corrected chi connectivity index (χ1v) is 7.09. The van der Waals surface area contributed by atoms with Crippen molar-refractivity contribution in [3.63, 3.8) is 0 Å². The van der Waals surface area contributed by atoms with E-state index in [2.05, 4.69) is 29.8 Å². The Morgan fingerprint density at radius 2 is 2.12 bits per heavy atom. The molecule has 94 valence electrons. The van der Waals surface area contributed by atoms with Crippen LogP contribution in [-0.4, -0.2) is 11.2 Å². The lowest BCUT2D eigenvalue weighted by Crippen LogP contribution is -2.32. The number of aliphatic hydroxyl groups excluding tert-OH is 1. The summed E-state index contributed by atoms with van der Waals surface area (Å²) in [5.74, 6) is 1.35. The third kappa shape index (κ3) is 2.66. The Balaban J connectivity index is 2.25. The Morgan fingerprint density at radius 3 is 2.76 bits per heavy atom. The quantitative estimate of drug-likeness (QED) is 0.911. The van der Waals surface area contributed by atoms with E-state index in [9.17, 15) is 5.11 Å². The maximum Gasteiger partial charge on any atom is 0.126 e. The molecule has 0 aliphatic carbocycles. The summed E-state index contributed by atoms with van der Waals surface area (Å²) < 4.78 is 7.03. The summed E-state index contributed by atoms with van der Waals surface area (Å²) in [6.07, 6.45) is 2.65. The molecule has 1 aromatic carbocycles. The lowest BCUT2D eigenvalue weighted by Gasteiger charge is -2.34. The Morgan fingerprint density at radius 1 is 1.41 bits per heavy atom. The molecule has 1 N–H and O–H groups in total. The molecule has 1 heterocycles. The average molecular weight is 299 g/mol. The van der Waals surface area contributed by atoms with Gasteiger partial charge in [-0.25, -0.2) is 0 Å². The third-order valence-corrected chi connectivity index (χ3v) is 4.14. The topological polar surface area (TPSA) is 29.5 Å². The molecule has 0 saturated carbocycles. The van der Waals surface area contributed by atoms with Gasteiger partial charge in [0.15, 0.2) is 0 Å². The maximum absolute atomic E-state index is 10.2. The number of halogens is 1. The second kappa shape index (κ2) is 5.40. The molecule has 3 heteroatoms. The first kappa shape index (κ1) is 12.9. The van der Waals surface area contributed by atoms with Gasteiger partial charge in [-0.15, -0.1) is 0 Å². The minimum Gasteiger partial charge on any atom is -0.490 e. The van der Waals surface area contributed by atoms with Crippen LogP contribution in [0.15, 0.2) is 22.7 Å². The Bertz CT molecular complexity index is 388. The minimum atomic E-state index is -0.391. The summed E-state index contributed by atoms with van der Waals surface area (Å²) in [4.78, 5) is 0. The van der Waals surface area contributed by atoms with Gasteiger partial charge in [-0.05, 0) is 30.9 Å².